The highest BCUT2D eigenvalue weighted by molar-refractivity contribution is 5.86. The molecule has 8 nitrogen and oxygen atoms in total. The van der Waals surface area contributed by atoms with Gasteiger partial charge in [-0.15, -0.1) is 0 Å². The van der Waals surface area contributed by atoms with E-state index in [1.165, 1.54) is 7.11 Å². The molecular weight excluding hydrogens is 436 g/mol. The molecule has 2 amide bonds. The van der Waals surface area contributed by atoms with Crippen molar-refractivity contribution >= 4 is 18.0 Å². The molecule has 0 radical (unpaired) electrons. The fourth-order valence-electron chi connectivity index (χ4n) is 4.95. The van der Waals surface area contributed by atoms with E-state index in [0.717, 1.165) is 22.3 Å². The molecule has 0 spiro atoms. The highest BCUT2D eigenvalue weighted by Gasteiger charge is 2.32. The van der Waals surface area contributed by atoms with E-state index in [-0.39, 0.29) is 37.4 Å². The number of methoxy groups -OCH3 is 1. The van der Waals surface area contributed by atoms with Crippen LogP contribution in [0.4, 0.5) is 4.79 Å². The van der Waals surface area contributed by atoms with Crippen molar-refractivity contribution in [2.24, 2.45) is 5.92 Å². The van der Waals surface area contributed by atoms with Crippen LogP contribution in [0.2, 0.25) is 0 Å². The summed E-state index contributed by atoms with van der Waals surface area (Å²) >= 11 is 0. The Balaban J connectivity index is 1.35. The first-order chi connectivity index (χ1) is 16.5. The predicted molar refractivity (Wildman–Crippen MR) is 125 cm³/mol. The quantitative estimate of drug-likeness (QED) is 0.619. The Morgan fingerprint density at radius 2 is 1.62 bits per heavy atom. The zero-order valence-electron chi connectivity index (χ0n) is 19.2. The van der Waals surface area contributed by atoms with E-state index in [9.17, 15) is 14.4 Å². The summed E-state index contributed by atoms with van der Waals surface area (Å²) in [6.07, 6.45) is 0.699. The molecule has 1 aliphatic heterocycles. The van der Waals surface area contributed by atoms with Crippen molar-refractivity contribution < 1.29 is 29.0 Å². The maximum absolute atomic E-state index is 13.0. The number of ether oxygens (including phenoxy) is 2. The van der Waals surface area contributed by atoms with Gasteiger partial charge < -0.3 is 24.8 Å². The third kappa shape index (κ3) is 5.22. The van der Waals surface area contributed by atoms with Gasteiger partial charge in [-0.3, -0.25) is 9.59 Å². The molecule has 2 N–H and O–H groups in total. The summed E-state index contributed by atoms with van der Waals surface area (Å²) in [5, 5.41) is 11.6. The Morgan fingerprint density at radius 1 is 1.03 bits per heavy atom. The number of fused-ring (bicyclic) bond motifs is 3. The third-order valence-corrected chi connectivity index (χ3v) is 6.66. The lowest BCUT2D eigenvalue weighted by Crippen LogP contribution is -2.52. The van der Waals surface area contributed by atoms with Gasteiger partial charge in [0.25, 0.3) is 0 Å². The number of piperidine rings is 1. The number of carbonyl (C=O) groups is 3. The molecule has 0 aromatic heterocycles. The van der Waals surface area contributed by atoms with Crippen molar-refractivity contribution in [1.82, 2.24) is 10.2 Å². The summed E-state index contributed by atoms with van der Waals surface area (Å²) in [6.45, 7) is 1.11. The van der Waals surface area contributed by atoms with Gasteiger partial charge in [0.05, 0.1) is 6.61 Å². The first-order valence-electron chi connectivity index (χ1n) is 11.6. The topological polar surface area (TPSA) is 105 Å². The summed E-state index contributed by atoms with van der Waals surface area (Å²) in [6, 6.07) is 15.3. The number of hydrogen-bond donors (Lipinski definition) is 2. The van der Waals surface area contributed by atoms with E-state index < -0.39 is 18.1 Å². The van der Waals surface area contributed by atoms with Crippen LogP contribution in [0.5, 0.6) is 0 Å². The molecular formula is C26H30N2O6. The average molecular weight is 467 g/mol. The standard InChI is InChI=1S/C26H30N2O6/c1-33-16-23(25(31)28-12-10-17(11-13-28)14-24(29)30)27-26(32)34-15-22-20-8-4-2-6-18(20)19-7-3-5-9-21(19)22/h2-9,17,22-23H,10-16H2,1H3,(H,27,32)(H,29,30)/t23-/m0/s1. The van der Waals surface area contributed by atoms with Crippen LogP contribution in [0, 0.1) is 5.92 Å². The Labute approximate surface area is 198 Å². The Hall–Kier alpha value is -3.39. The molecule has 0 bridgehead atoms. The Morgan fingerprint density at radius 3 is 2.18 bits per heavy atom. The molecule has 1 heterocycles. The second kappa shape index (κ2) is 10.7. The van der Waals surface area contributed by atoms with Crippen LogP contribution in [-0.4, -0.2) is 67.4 Å². The summed E-state index contributed by atoms with van der Waals surface area (Å²) in [5.74, 6) is -1.07. The molecule has 2 aromatic rings. The monoisotopic (exact) mass is 466 g/mol. The first-order valence-corrected chi connectivity index (χ1v) is 11.6. The lowest BCUT2D eigenvalue weighted by atomic mass is 9.93. The van der Waals surface area contributed by atoms with Crippen LogP contribution in [0.25, 0.3) is 11.1 Å². The average Bonchev–Trinajstić information content (AvgIpc) is 3.16. The molecule has 4 rings (SSSR count). The van der Waals surface area contributed by atoms with Gasteiger partial charge in [-0.1, -0.05) is 48.5 Å². The fourth-order valence-corrected chi connectivity index (χ4v) is 4.95. The van der Waals surface area contributed by atoms with Crippen molar-refractivity contribution in [3.8, 4) is 11.1 Å². The van der Waals surface area contributed by atoms with Gasteiger partial charge in [0.1, 0.15) is 12.6 Å². The van der Waals surface area contributed by atoms with E-state index in [0.29, 0.717) is 25.9 Å². The number of hydrogen-bond acceptors (Lipinski definition) is 5. The van der Waals surface area contributed by atoms with Crippen LogP contribution in [-0.2, 0) is 19.1 Å². The first kappa shape index (κ1) is 23.8. The molecule has 1 saturated heterocycles. The number of carboxylic acid groups (broad SMARTS) is 1. The van der Waals surface area contributed by atoms with Crippen molar-refractivity contribution in [3.05, 3.63) is 59.7 Å². The second-order valence-corrected chi connectivity index (χ2v) is 8.84. The van der Waals surface area contributed by atoms with Gasteiger partial charge >= 0.3 is 12.1 Å². The van der Waals surface area contributed by atoms with Crippen LogP contribution < -0.4 is 5.32 Å². The van der Waals surface area contributed by atoms with Crippen LogP contribution in [0.15, 0.2) is 48.5 Å². The van der Waals surface area contributed by atoms with Gasteiger partial charge in [0.2, 0.25) is 5.91 Å². The molecule has 180 valence electrons. The maximum atomic E-state index is 13.0. The number of alkyl carbamates (subject to hydrolysis) is 1. The highest BCUT2D eigenvalue weighted by atomic mass is 16.5. The van der Waals surface area contributed by atoms with Crippen molar-refractivity contribution in [3.63, 3.8) is 0 Å². The Bertz CT molecular complexity index is 1000. The molecule has 2 aliphatic rings. The minimum atomic E-state index is -0.864. The lowest BCUT2D eigenvalue weighted by Gasteiger charge is -2.33. The lowest BCUT2D eigenvalue weighted by molar-refractivity contribution is -0.139. The van der Waals surface area contributed by atoms with Gasteiger partial charge in [-0.05, 0) is 41.0 Å². The van der Waals surface area contributed by atoms with Crippen molar-refractivity contribution in [1.29, 1.82) is 0 Å². The normalized spacial score (nSPS) is 16.4. The molecule has 2 aromatic carbocycles. The zero-order valence-corrected chi connectivity index (χ0v) is 19.2. The van der Waals surface area contributed by atoms with E-state index in [1.807, 2.05) is 36.4 Å². The van der Waals surface area contributed by atoms with Gasteiger partial charge in [-0.2, -0.15) is 0 Å². The van der Waals surface area contributed by atoms with Crippen molar-refractivity contribution in [2.45, 2.75) is 31.2 Å². The van der Waals surface area contributed by atoms with Crippen molar-refractivity contribution in [2.75, 3.05) is 33.4 Å². The van der Waals surface area contributed by atoms with E-state index in [2.05, 4.69) is 17.4 Å². The van der Waals surface area contributed by atoms with E-state index in [1.54, 1.807) is 4.90 Å². The minimum absolute atomic E-state index is 0.0259. The summed E-state index contributed by atoms with van der Waals surface area (Å²) in [4.78, 5) is 38.2. The van der Waals surface area contributed by atoms with Crippen LogP contribution in [0.3, 0.4) is 0 Å². The number of likely N-dealkylation sites (tertiary alicyclic amines) is 1. The van der Waals surface area contributed by atoms with Gasteiger partial charge in [0, 0.05) is 32.5 Å². The number of nitrogens with one attached hydrogen (secondary N) is 1. The van der Waals surface area contributed by atoms with Gasteiger partial charge in [-0.25, -0.2) is 4.79 Å². The maximum Gasteiger partial charge on any atom is 0.407 e. The molecule has 34 heavy (non-hydrogen) atoms. The van der Waals surface area contributed by atoms with E-state index >= 15 is 0 Å². The molecule has 0 unspecified atom stereocenters. The number of aliphatic carboxylic acids is 1. The molecule has 1 fully saturated rings. The number of benzene rings is 2. The predicted octanol–water partition coefficient (Wildman–Crippen LogP) is 3.25. The number of amides is 2. The zero-order chi connectivity index (χ0) is 24.1. The number of nitrogens with zero attached hydrogens (tertiary/aromatic N) is 1. The van der Waals surface area contributed by atoms with Crippen LogP contribution in [0.1, 0.15) is 36.3 Å². The fraction of sp³-hybridized carbons (Fsp3) is 0.423. The molecule has 1 atom stereocenters. The molecule has 0 saturated carbocycles. The number of rotatable bonds is 8. The molecule has 1 aliphatic carbocycles. The van der Waals surface area contributed by atoms with Gasteiger partial charge in [0.15, 0.2) is 0 Å². The second-order valence-electron chi connectivity index (χ2n) is 8.84. The minimum Gasteiger partial charge on any atom is -0.481 e. The number of carbonyl (C=O) groups excluding carboxylic acids is 2. The number of carboxylic acids is 1. The summed E-state index contributed by atoms with van der Waals surface area (Å²) < 4.78 is 10.7. The summed E-state index contributed by atoms with van der Waals surface area (Å²) in [7, 11) is 1.47. The third-order valence-electron chi connectivity index (χ3n) is 6.66. The highest BCUT2D eigenvalue weighted by Crippen LogP contribution is 2.44. The SMILES string of the molecule is COC[C@H](NC(=O)OCC1c2ccccc2-c2ccccc21)C(=O)N1CCC(CC(=O)O)CC1. The smallest absolute Gasteiger partial charge is 0.407 e. The largest absolute Gasteiger partial charge is 0.481 e. The Kier molecular flexibility index (Phi) is 7.47. The summed E-state index contributed by atoms with van der Waals surface area (Å²) in [5.41, 5.74) is 4.52. The van der Waals surface area contributed by atoms with E-state index in [4.69, 9.17) is 14.6 Å². The molecule has 8 heteroatoms. The van der Waals surface area contributed by atoms with Crippen LogP contribution >= 0.6 is 0 Å².